The van der Waals surface area contributed by atoms with Gasteiger partial charge in [0, 0.05) is 44.0 Å². The molecule has 42 heavy (non-hydrogen) atoms. The molecule has 0 radical (unpaired) electrons. The summed E-state index contributed by atoms with van der Waals surface area (Å²) in [5.41, 5.74) is 2.49. The van der Waals surface area contributed by atoms with Gasteiger partial charge in [0.25, 0.3) is 0 Å². The van der Waals surface area contributed by atoms with Gasteiger partial charge in [0.1, 0.15) is 5.82 Å². The first-order valence-electron chi connectivity index (χ1n) is 16.0. The van der Waals surface area contributed by atoms with Gasteiger partial charge in [-0.25, -0.2) is 14.4 Å². The summed E-state index contributed by atoms with van der Waals surface area (Å²) in [6, 6.07) is 7.29. The zero-order valence-corrected chi connectivity index (χ0v) is 27.1. The van der Waals surface area contributed by atoms with E-state index in [0.717, 1.165) is 68.1 Å². The number of carbonyl (C=O) groups excluding carboxylic acids is 1. The molecule has 236 valence electrons. The molecule has 4 rings (SSSR count). The Hall–Kier alpha value is -2.58. The average Bonchev–Trinajstić information content (AvgIpc) is 3.27. The molecule has 2 aliphatic heterocycles. The van der Waals surface area contributed by atoms with Gasteiger partial charge in [-0.1, -0.05) is 72.1 Å². The Labute approximate surface area is 253 Å². The highest BCUT2D eigenvalue weighted by Gasteiger charge is 2.41. The summed E-state index contributed by atoms with van der Waals surface area (Å²) in [4.78, 5) is 23.2. The number of rotatable bonds is 10. The van der Waals surface area contributed by atoms with Crippen LogP contribution < -0.4 is 5.32 Å². The number of carbonyl (C=O) groups is 1. The third kappa shape index (κ3) is 10.6. The van der Waals surface area contributed by atoms with Crippen LogP contribution in [-0.2, 0) is 28.0 Å². The van der Waals surface area contributed by atoms with Crippen molar-refractivity contribution < 1.29 is 19.0 Å². The predicted molar refractivity (Wildman–Crippen MR) is 169 cm³/mol. The van der Waals surface area contributed by atoms with Crippen molar-refractivity contribution in [2.24, 2.45) is 11.8 Å². The summed E-state index contributed by atoms with van der Waals surface area (Å²) < 4.78 is 18.1. The standard InChI is InChI=1S/C16H24N4O2.C9H11F.C9H20O/c1-4-14(21)20-10-13-12(16(20,2)3)9-17-15(19-13)18-11-5-7-22-8-6-11;1-2-5-8-6-3-4-7-9(8)10;1-4-8(3)6-9(5-2)7-10/h9,11H,4-8,10H2,1-3H3,(H,17,18,19);3-4,6-7H,2,5H2,1H3;8-10H,4-7H2,1-3H3. The maximum absolute atomic E-state index is 12.8. The molecule has 8 heteroatoms. The van der Waals surface area contributed by atoms with Crippen molar-refractivity contribution in [1.82, 2.24) is 14.9 Å². The minimum absolute atomic E-state index is 0.0793. The number of hydrogen-bond acceptors (Lipinski definition) is 6. The lowest BCUT2D eigenvalue weighted by molar-refractivity contribution is -0.136. The van der Waals surface area contributed by atoms with Crippen LogP contribution in [0, 0.1) is 17.7 Å². The Balaban J connectivity index is 0.000000257. The second kappa shape index (κ2) is 18.2. The molecule has 2 aromatic rings. The fourth-order valence-electron chi connectivity index (χ4n) is 5.30. The molecule has 0 saturated carbocycles. The van der Waals surface area contributed by atoms with E-state index in [1.807, 2.05) is 37.1 Å². The summed E-state index contributed by atoms with van der Waals surface area (Å²) >= 11 is 0. The smallest absolute Gasteiger partial charge is 0.223 e. The van der Waals surface area contributed by atoms with E-state index >= 15 is 0 Å². The fourth-order valence-corrected chi connectivity index (χ4v) is 5.30. The molecule has 0 aliphatic carbocycles. The van der Waals surface area contributed by atoms with Crippen LogP contribution in [0.3, 0.4) is 0 Å². The van der Waals surface area contributed by atoms with Gasteiger partial charge >= 0.3 is 0 Å². The first-order chi connectivity index (χ1) is 20.1. The molecular weight excluding hydrogens is 531 g/mol. The molecule has 1 saturated heterocycles. The number of anilines is 1. The van der Waals surface area contributed by atoms with Crippen LogP contribution in [0.2, 0.25) is 0 Å². The molecule has 2 unspecified atom stereocenters. The Morgan fingerprint density at radius 1 is 1.17 bits per heavy atom. The van der Waals surface area contributed by atoms with E-state index in [2.05, 4.69) is 49.9 Å². The lowest BCUT2D eigenvalue weighted by Gasteiger charge is -2.31. The summed E-state index contributed by atoms with van der Waals surface area (Å²) in [5, 5.41) is 12.3. The highest BCUT2D eigenvalue weighted by molar-refractivity contribution is 5.77. The fraction of sp³-hybridized carbons (Fsp3) is 0.676. The third-order valence-corrected chi connectivity index (χ3v) is 8.41. The van der Waals surface area contributed by atoms with Gasteiger partial charge < -0.3 is 20.1 Å². The number of fused-ring (bicyclic) bond motifs is 1. The molecule has 2 aliphatic rings. The van der Waals surface area contributed by atoms with E-state index in [4.69, 9.17) is 9.84 Å². The number of amides is 1. The van der Waals surface area contributed by atoms with Crippen molar-refractivity contribution in [3.05, 3.63) is 53.1 Å². The van der Waals surface area contributed by atoms with Crippen LogP contribution in [-0.4, -0.2) is 51.7 Å². The molecule has 1 aromatic heterocycles. The van der Waals surface area contributed by atoms with E-state index in [0.29, 0.717) is 37.5 Å². The number of benzene rings is 1. The van der Waals surface area contributed by atoms with Crippen molar-refractivity contribution in [1.29, 1.82) is 0 Å². The third-order valence-electron chi connectivity index (χ3n) is 8.41. The summed E-state index contributed by atoms with van der Waals surface area (Å²) in [6.45, 7) is 17.2. The molecular formula is C34H55FN4O3. The Morgan fingerprint density at radius 2 is 1.86 bits per heavy atom. The lowest BCUT2D eigenvalue weighted by atomic mass is 9.93. The number of hydrogen-bond donors (Lipinski definition) is 2. The van der Waals surface area contributed by atoms with Gasteiger partial charge in [-0.15, -0.1) is 0 Å². The zero-order chi connectivity index (χ0) is 31.1. The van der Waals surface area contributed by atoms with Crippen LogP contribution in [0.1, 0.15) is 110 Å². The molecule has 1 aromatic carbocycles. The molecule has 0 bridgehead atoms. The van der Waals surface area contributed by atoms with Crippen molar-refractivity contribution in [2.45, 2.75) is 118 Å². The van der Waals surface area contributed by atoms with E-state index in [1.54, 1.807) is 6.07 Å². The van der Waals surface area contributed by atoms with E-state index in [-0.39, 0.29) is 17.3 Å². The van der Waals surface area contributed by atoms with Gasteiger partial charge in [-0.05, 0) is 63.0 Å². The van der Waals surface area contributed by atoms with Crippen molar-refractivity contribution in [3.8, 4) is 0 Å². The normalized spacial score (nSPS) is 17.2. The van der Waals surface area contributed by atoms with Crippen LogP contribution in [0.4, 0.5) is 10.3 Å². The highest BCUT2D eigenvalue weighted by Crippen LogP contribution is 2.38. The molecule has 7 nitrogen and oxygen atoms in total. The van der Waals surface area contributed by atoms with E-state index < -0.39 is 0 Å². The van der Waals surface area contributed by atoms with Crippen LogP contribution in [0.25, 0.3) is 0 Å². The number of halogens is 1. The monoisotopic (exact) mass is 586 g/mol. The molecule has 0 spiro atoms. The van der Waals surface area contributed by atoms with Gasteiger partial charge in [0.15, 0.2) is 0 Å². The van der Waals surface area contributed by atoms with Crippen LogP contribution >= 0.6 is 0 Å². The summed E-state index contributed by atoms with van der Waals surface area (Å²) in [7, 11) is 0. The quantitative estimate of drug-likeness (QED) is 0.304. The van der Waals surface area contributed by atoms with Crippen LogP contribution in [0.5, 0.6) is 0 Å². The topological polar surface area (TPSA) is 87.6 Å². The number of aryl methyl sites for hydroxylation is 1. The molecule has 1 fully saturated rings. The van der Waals surface area contributed by atoms with Crippen LogP contribution in [0.15, 0.2) is 30.5 Å². The Bertz CT molecular complexity index is 1070. The van der Waals surface area contributed by atoms with E-state index in [1.165, 1.54) is 18.9 Å². The Morgan fingerprint density at radius 3 is 2.43 bits per heavy atom. The van der Waals surface area contributed by atoms with Gasteiger partial charge in [-0.2, -0.15) is 0 Å². The zero-order valence-electron chi connectivity index (χ0n) is 27.1. The maximum Gasteiger partial charge on any atom is 0.223 e. The molecule has 3 heterocycles. The second-order valence-corrected chi connectivity index (χ2v) is 12.0. The van der Waals surface area contributed by atoms with Crippen molar-refractivity contribution in [3.63, 3.8) is 0 Å². The number of aliphatic hydroxyl groups excluding tert-OH is 1. The summed E-state index contributed by atoms with van der Waals surface area (Å²) in [5.74, 6) is 2.05. The molecule has 2 atom stereocenters. The minimum Gasteiger partial charge on any atom is -0.396 e. The van der Waals surface area contributed by atoms with Gasteiger partial charge in [0.05, 0.1) is 17.8 Å². The second-order valence-electron chi connectivity index (χ2n) is 12.0. The average molecular weight is 587 g/mol. The van der Waals surface area contributed by atoms with Gasteiger partial charge in [-0.3, -0.25) is 4.79 Å². The highest BCUT2D eigenvalue weighted by atomic mass is 19.1. The van der Waals surface area contributed by atoms with Crippen molar-refractivity contribution >= 4 is 11.9 Å². The van der Waals surface area contributed by atoms with Crippen molar-refractivity contribution in [2.75, 3.05) is 25.1 Å². The number of ether oxygens (including phenoxy) is 1. The number of nitrogens with one attached hydrogen (secondary N) is 1. The molecule has 2 N–H and O–H groups in total. The first-order valence-corrected chi connectivity index (χ1v) is 16.0. The maximum atomic E-state index is 12.8. The van der Waals surface area contributed by atoms with Gasteiger partial charge in [0.2, 0.25) is 11.9 Å². The minimum atomic E-state index is -0.334. The largest absolute Gasteiger partial charge is 0.396 e. The first kappa shape index (κ1) is 35.6. The number of aliphatic hydroxyl groups is 1. The SMILES string of the molecule is CCC(=O)N1Cc2nc(NC3CCOCC3)ncc2C1(C)C.CCC(C)CC(CC)CO.CCCc1ccccc1F. The number of aromatic nitrogens is 2. The Kier molecular flexibility index (Phi) is 15.4. The summed E-state index contributed by atoms with van der Waals surface area (Å²) in [6.07, 6.45) is 9.71. The van der Waals surface area contributed by atoms with E-state index in [9.17, 15) is 9.18 Å². The molecule has 1 amide bonds. The predicted octanol–water partition coefficient (Wildman–Crippen LogP) is 7.27. The number of nitrogens with zero attached hydrogens (tertiary/aromatic N) is 3. The lowest BCUT2D eigenvalue weighted by Crippen LogP contribution is -2.39.